The molecule has 0 saturated carbocycles. The van der Waals surface area contributed by atoms with Crippen molar-refractivity contribution in [3.05, 3.63) is 5.21 Å². The fourth-order valence-corrected chi connectivity index (χ4v) is 7.11. The molecule has 0 bridgehead atoms. The Bertz CT molecular complexity index is 516. The lowest BCUT2D eigenvalue weighted by atomic mass is 10.0. The summed E-state index contributed by atoms with van der Waals surface area (Å²) in [5.41, 5.74) is 0. The van der Waals surface area contributed by atoms with Crippen molar-refractivity contribution in [1.82, 2.24) is 0 Å². The minimum Gasteiger partial charge on any atom is -0.623 e. The summed E-state index contributed by atoms with van der Waals surface area (Å²) >= 11 is 0. The SMILES string of the molecule is CCCCCCCCCCCCCCCCCC1(P(=O)(OCC)OCC)CCC=[N+]1[O-]. The maximum Gasteiger partial charge on any atom is 0.402 e. The number of hydrogen-bond donors (Lipinski definition) is 0. The third-order valence-corrected chi connectivity index (χ3v) is 9.40. The van der Waals surface area contributed by atoms with E-state index < -0.39 is 12.9 Å². The van der Waals surface area contributed by atoms with Crippen molar-refractivity contribution in [2.75, 3.05) is 13.2 Å². The molecule has 5 nitrogen and oxygen atoms in total. The molecule has 0 amide bonds. The van der Waals surface area contributed by atoms with Crippen LogP contribution in [0.25, 0.3) is 0 Å². The van der Waals surface area contributed by atoms with E-state index in [0.717, 1.165) is 17.6 Å². The Labute approximate surface area is 192 Å². The molecule has 0 aliphatic carbocycles. The van der Waals surface area contributed by atoms with E-state index >= 15 is 0 Å². The number of hydroxylamine groups is 1. The Balaban J connectivity index is 2.16. The maximum absolute atomic E-state index is 13.4. The lowest BCUT2D eigenvalue weighted by Gasteiger charge is -2.33. The maximum atomic E-state index is 13.4. The van der Waals surface area contributed by atoms with Crippen LogP contribution >= 0.6 is 7.60 Å². The van der Waals surface area contributed by atoms with Crippen molar-refractivity contribution in [3.8, 4) is 0 Å². The summed E-state index contributed by atoms with van der Waals surface area (Å²) in [6, 6.07) is 0. The second kappa shape index (κ2) is 17.1. The van der Waals surface area contributed by atoms with Crippen molar-refractivity contribution in [3.63, 3.8) is 0 Å². The third kappa shape index (κ3) is 9.96. The van der Waals surface area contributed by atoms with Gasteiger partial charge >= 0.3 is 7.60 Å². The van der Waals surface area contributed by atoms with Crippen LogP contribution in [0.4, 0.5) is 0 Å². The average Bonchev–Trinajstić information content (AvgIpc) is 3.13. The minimum atomic E-state index is -3.46. The summed E-state index contributed by atoms with van der Waals surface area (Å²) in [4.78, 5) is 0. The van der Waals surface area contributed by atoms with E-state index in [4.69, 9.17) is 9.05 Å². The zero-order valence-electron chi connectivity index (χ0n) is 20.7. The molecule has 1 aliphatic heterocycles. The lowest BCUT2D eigenvalue weighted by molar-refractivity contribution is -0.513. The van der Waals surface area contributed by atoms with Gasteiger partial charge in [-0.3, -0.25) is 4.57 Å². The van der Waals surface area contributed by atoms with Crippen molar-refractivity contribution in [1.29, 1.82) is 0 Å². The first kappa shape index (κ1) is 28.7. The predicted molar refractivity (Wildman–Crippen MR) is 132 cm³/mol. The van der Waals surface area contributed by atoms with Crippen LogP contribution in [-0.2, 0) is 13.6 Å². The Hall–Kier alpha value is -0.380. The first-order valence-corrected chi connectivity index (χ1v) is 14.8. The largest absolute Gasteiger partial charge is 0.623 e. The summed E-state index contributed by atoms with van der Waals surface area (Å²) in [7, 11) is -3.46. The Morgan fingerprint density at radius 1 is 0.774 bits per heavy atom. The number of hydrogen-bond acceptors (Lipinski definition) is 4. The molecule has 0 aromatic carbocycles. The van der Waals surface area contributed by atoms with Crippen molar-refractivity contribution in [2.45, 2.75) is 142 Å². The van der Waals surface area contributed by atoms with E-state index in [9.17, 15) is 9.77 Å². The molecule has 31 heavy (non-hydrogen) atoms. The molecular formula is C25H50NO4P. The molecule has 0 radical (unpaired) electrons. The van der Waals surface area contributed by atoms with Gasteiger partial charge in [0.1, 0.15) is 0 Å². The van der Waals surface area contributed by atoms with Gasteiger partial charge in [-0.15, -0.1) is 0 Å². The molecule has 0 saturated heterocycles. The van der Waals surface area contributed by atoms with Crippen LogP contribution in [0, 0.1) is 5.21 Å². The van der Waals surface area contributed by atoms with Crippen molar-refractivity contribution in [2.24, 2.45) is 0 Å². The topological polar surface area (TPSA) is 61.6 Å². The molecule has 0 aromatic heterocycles. The molecule has 0 aromatic rings. The van der Waals surface area contributed by atoms with Gasteiger partial charge in [-0.05, 0) is 20.3 Å². The smallest absolute Gasteiger partial charge is 0.402 e. The van der Waals surface area contributed by atoms with Crippen LogP contribution in [-0.4, -0.2) is 29.4 Å². The normalized spacial score (nSPS) is 19.1. The molecule has 1 heterocycles. The number of unbranched alkanes of at least 4 members (excludes halogenated alkanes) is 14. The first-order valence-electron chi connectivity index (χ1n) is 13.2. The van der Waals surface area contributed by atoms with Crippen LogP contribution in [0.5, 0.6) is 0 Å². The van der Waals surface area contributed by atoms with Crippen molar-refractivity contribution >= 4 is 13.8 Å². The van der Waals surface area contributed by atoms with Gasteiger partial charge in [0, 0.05) is 19.3 Å². The zero-order chi connectivity index (χ0) is 22.8. The van der Waals surface area contributed by atoms with E-state index in [2.05, 4.69) is 6.92 Å². The van der Waals surface area contributed by atoms with Crippen LogP contribution in [0.2, 0.25) is 0 Å². The van der Waals surface area contributed by atoms with E-state index in [-0.39, 0.29) is 0 Å². The molecule has 0 spiro atoms. The van der Waals surface area contributed by atoms with Gasteiger partial charge in [0.15, 0.2) is 6.21 Å². The minimum absolute atomic E-state index is 0.297. The highest BCUT2D eigenvalue weighted by atomic mass is 31.2. The molecule has 0 fully saturated rings. The van der Waals surface area contributed by atoms with E-state index in [0.29, 0.717) is 32.5 Å². The highest BCUT2D eigenvalue weighted by Gasteiger charge is 2.59. The lowest BCUT2D eigenvalue weighted by Crippen LogP contribution is -2.37. The monoisotopic (exact) mass is 459 g/mol. The van der Waals surface area contributed by atoms with Crippen LogP contribution in [0.15, 0.2) is 0 Å². The fraction of sp³-hybridized carbons (Fsp3) is 0.960. The Morgan fingerprint density at radius 3 is 1.55 bits per heavy atom. The van der Waals surface area contributed by atoms with Gasteiger partial charge in [-0.1, -0.05) is 96.8 Å². The molecule has 1 unspecified atom stereocenters. The fourth-order valence-electron chi connectivity index (χ4n) is 4.72. The average molecular weight is 460 g/mol. The molecule has 1 atom stereocenters. The highest BCUT2D eigenvalue weighted by molar-refractivity contribution is 7.55. The summed E-state index contributed by atoms with van der Waals surface area (Å²) < 4.78 is 25.5. The predicted octanol–water partition coefficient (Wildman–Crippen LogP) is 8.59. The molecule has 1 rings (SSSR count). The van der Waals surface area contributed by atoms with Gasteiger partial charge in [0.05, 0.1) is 13.2 Å². The zero-order valence-corrected chi connectivity index (χ0v) is 21.6. The Kier molecular flexibility index (Phi) is 15.8. The van der Waals surface area contributed by atoms with Crippen LogP contribution < -0.4 is 0 Å². The van der Waals surface area contributed by atoms with Gasteiger partial charge in [0.2, 0.25) is 0 Å². The summed E-state index contributed by atoms with van der Waals surface area (Å²) in [6.45, 7) is 6.48. The molecule has 1 aliphatic rings. The quantitative estimate of drug-likeness (QED) is 0.0746. The van der Waals surface area contributed by atoms with Gasteiger partial charge < -0.3 is 14.3 Å². The van der Waals surface area contributed by atoms with Crippen molar-refractivity contribution < 1.29 is 18.4 Å². The highest BCUT2D eigenvalue weighted by Crippen LogP contribution is 2.65. The standard InChI is InChI=1S/C25H50NO4P/c1-4-7-8-9-10-11-12-13-14-15-16-17-18-19-20-22-25(23-21-24-26(25)27)31(28,29-5-2)30-6-3/h24H,4-23H2,1-3H3. The summed E-state index contributed by atoms with van der Waals surface area (Å²) in [6.07, 6.45) is 23.0. The number of nitrogens with zero attached hydrogens (tertiary/aromatic N) is 1. The van der Waals surface area contributed by atoms with Crippen LogP contribution in [0.1, 0.15) is 136 Å². The molecule has 184 valence electrons. The van der Waals surface area contributed by atoms with Crippen LogP contribution in [0.3, 0.4) is 0 Å². The Morgan fingerprint density at radius 2 is 1.19 bits per heavy atom. The first-order chi connectivity index (χ1) is 15.1. The second-order valence-corrected chi connectivity index (χ2v) is 11.4. The van der Waals surface area contributed by atoms with Gasteiger partial charge in [-0.2, -0.15) is 4.74 Å². The van der Waals surface area contributed by atoms with E-state index in [1.807, 2.05) is 0 Å². The summed E-state index contributed by atoms with van der Waals surface area (Å²) in [5.74, 6) is 0. The second-order valence-electron chi connectivity index (χ2n) is 9.06. The number of rotatable bonds is 21. The van der Waals surface area contributed by atoms with E-state index in [1.165, 1.54) is 83.5 Å². The molecular weight excluding hydrogens is 409 g/mol. The molecule has 6 heteroatoms. The van der Waals surface area contributed by atoms with E-state index in [1.54, 1.807) is 20.1 Å². The van der Waals surface area contributed by atoms with Gasteiger partial charge in [-0.25, -0.2) is 0 Å². The molecule has 0 N–H and O–H groups in total. The van der Waals surface area contributed by atoms with Gasteiger partial charge in [0.25, 0.3) is 5.28 Å². The summed E-state index contributed by atoms with van der Waals surface area (Å²) in [5, 5.41) is 11.6. The third-order valence-electron chi connectivity index (χ3n) is 6.54.